The van der Waals surface area contributed by atoms with Crippen molar-refractivity contribution in [2.75, 3.05) is 0 Å². The van der Waals surface area contributed by atoms with Crippen molar-refractivity contribution in [3.05, 3.63) is 33.8 Å². The second kappa shape index (κ2) is 4.85. The van der Waals surface area contributed by atoms with Crippen LogP contribution in [0.2, 0.25) is 10.0 Å². The van der Waals surface area contributed by atoms with Gasteiger partial charge in [0.15, 0.2) is 0 Å². The highest BCUT2D eigenvalue weighted by Crippen LogP contribution is 2.26. The van der Waals surface area contributed by atoms with Gasteiger partial charge < -0.3 is 5.73 Å². The predicted octanol–water partition coefficient (Wildman–Crippen LogP) is 3.27. The van der Waals surface area contributed by atoms with Crippen molar-refractivity contribution < 1.29 is 0 Å². The normalized spacial score (nSPS) is 12.9. The fourth-order valence-electron chi connectivity index (χ4n) is 1.12. The van der Waals surface area contributed by atoms with E-state index in [2.05, 4.69) is 0 Å². The monoisotopic (exact) mass is 217 g/mol. The van der Waals surface area contributed by atoms with Crippen LogP contribution in [-0.4, -0.2) is 6.04 Å². The molecule has 3 heteroatoms. The second-order valence-corrected chi connectivity index (χ2v) is 4.01. The molecular weight excluding hydrogens is 205 g/mol. The average Bonchev–Trinajstić information content (AvgIpc) is 2.07. The lowest BCUT2D eigenvalue weighted by atomic mass is 10.1. The number of nitrogens with two attached hydrogens (primary N) is 1. The van der Waals surface area contributed by atoms with Gasteiger partial charge >= 0.3 is 0 Å². The lowest BCUT2D eigenvalue weighted by molar-refractivity contribution is 0.666. The second-order valence-electron chi connectivity index (χ2n) is 3.23. The molecule has 2 N–H and O–H groups in total. The van der Waals surface area contributed by atoms with Crippen LogP contribution in [0.4, 0.5) is 0 Å². The Morgan fingerprint density at radius 1 is 1.38 bits per heavy atom. The van der Waals surface area contributed by atoms with Gasteiger partial charge in [0.05, 0.1) is 10.0 Å². The Labute approximate surface area is 88.8 Å². The number of rotatable bonds is 3. The highest BCUT2D eigenvalue weighted by molar-refractivity contribution is 6.42. The highest BCUT2D eigenvalue weighted by atomic mass is 35.5. The van der Waals surface area contributed by atoms with Gasteiger partial charge in [0.2, 0.25) is 0 Å². The van der Waals surface area contributed by atoms with Gasteiger partial charge in [0.25, 0.3) is 0 Å². The van der Waals surface area contributed by atoms with E-state index < -0.39 is 0 Å². The van der Waals surface area contributed by atoms with Crippen molar-refractivity contribution >= 4 is 23.2 Å². The van der Waals surface area contributed by atoms with Gasteiger partial charge in [-0.3, -0.25) is 0 Å². The van der Waals surface area contributed by atoms with Gasteiger partial charge in [-0.05, 0) is 31.4 Å². The number of halogens is 2. The highest BCUT2D eigenvalue weighted by Gasteiger charge is 2.04. The van der Waals surface area contributed by atoms with Crippen molar-refractivity contribution in [3.8, 4) is 0 Å². The molecule has 0 saturated carbocycles. The summed E-state index contributed by atoms with van der Waals surface area (Å²) in [6.45, 7) is 1.98. The Hall–Kier alpha value is -0.240. The van der Waals surface area contributed by atoms with Crippen LogP contribution in [0.3, 0.4) is 0 Å². The van der Waals surface area contributed by atoms with E-state index in [-0.39, 0.29) is 6.04 Å². The van der Waals surface area contributed by atoms with Crippen molar-refractivity contribution in [1.29, 1.82) is 0 Å². The first kappa shape index (κ1) is 10.8. The molecule has 0 aromatic heterocycles. The van der Waals surface area contributed by atoms with E-state index in [0.29, 0.717) is 10.0 Å². The van der Waals surface area contributed by atoms with Crippen LogP contribution in [0, 0.1) is 0 Å². The Morgan fingerprint density at radius 3 is 2.69 bits per heavy atom. The number of hydrogen-bond acceptors (Lipinski definition) is 1. The Balaban J connectivity index is 2.71. The maximum atomic E-state index is 6.00. The largest absolute Gasteiger partial charge is 0.328 e. The fourth-order valence-corrected chi connectivity index (χ4v) is 1.54. The van der Waals surface area contributed by atoms with Gasteiger partial charge in [-0.25, -0.2) is 0 Å². The van der Waals surface area contributed by atoms with Crippen LogP contribution in [-0.2, 0) is 6.42 Å². The van der Waals surface area contributed by atoms with E-state index in [4.69, 9.17) is 28.9 Å². The summed E-state index contributed by atoms with van der Waals surface area (Å²) in [7, 11) is 0. The molecular formula is C10H13Cl2N. The zero-order chi connectivity index (χ0) is 9.84. The summed E-state index contributed by atoms with van der Waals surface area (Å²) < 4.78 is 0. The van der Waals surface area contributed by atoms with Crippen molar-refractivity contribution in [3.63, 3.8) is 0 Å². The SMILES string of the molecule is C[C@@H](N)CCc1cccc(Cl)c1Cl. The summed E-state index contributed by atoms with van der Waals surface area (Å²) in [6, 6.07) is 5.88. The summed E-state index contributed by atoms with van der Waals surface area (Å²) in [4.78, 5) is 0. The standard InChI is InChI=1S/C10H13Cl2N/c1-7(13)5-6-8-3-2-4-9(11)10(8)12/h2-4,7H,5-6,13H2,1H3/t7-/m1/s1. The summed E-state index contributed by atoms with van der Waals surface area (Å²) in [5, 5.41) is 1.27. The molecule has 1 aromatic carbocycles. The average molecular weight is 218 g/mol. The molecule has 1 nitrogen and oxygen atoms in total. The van der Waals surface area contributed by atoms with Crippen molar-refractivity contribution in [2.45, 2.75) is 25.8 Å². The van der Waals surface area contributed by atoms with Crippen LogP contribution < -0.4 is 5.73 Å². The van der Waals surface area contributed by atoms with E-state index in [1.807, 2.05) is 19.1 Å². The number of aryl methyl sites for hydroxylation is 1. The molecule has 0 saturated heterocycles. The smallest absolute Gasteiger partial charge is 0.0624 e. The zero-order valence-corrected chi connectivity index (χ0v) is 9.07. The first-order valence-electron chi connectivity index (χ1n) is 4.29. The molecule has 13 heavy (non-hydrogen) atoms. The lowest BCUT2D eigenvalue weighted by Gasteiger charge is -2.07. The molecule has 0 bridgehead atoms. The van der Waals surface area contributed by atoms with E-state index >= 15 is 0 Å². The Bertz CT molecular complexity index is 284. The Kier molecular flexibility index (Phi) is 4.04. The first-order chi connectivity index (χ1) is 6.11. The summed E-state index contributed by atoms with van der Waals surface area (Å²) >= 11 is 11.9. The molecule has 1 aromatic rings. The molecule has 0 heterocycles. The van der Waals surface area contributed by atoms with Crippen molar-refractivity contribution in [2.24, 2.45) is 5.73 Å². The molecule has 1 atom stereocenters. The van der Waals surface area contributed by atoms with Gasteiger partial charge in [-0.2, -0.15) is 0 Å². The Morgan fingerprint density at radius 2 is 2.08 bits per heavy atom. The van der Waals surface area contributed by atoms with Crippen LogP contribution in [0.25, 0.3) is 0 Å². The van der Waals surface area contributed by atoms with Gasteiger partial charge in [-0.15, -0.1) is 0 Å². The first-order valence-corrected chi connectivity index (χ1v) is 5.05. The molecule has 0 aliphatic heterocycles. The molecule has 0 amide bonds. The summed E-state index contributed by atoms with van der Waals surface area (Å²) in [6.07, 6.45) is 1.82. The third kappa shape index (κ3) is 3.18. The molecule has 0 aliphatic carbocycles. The minimum Gasteiger partial charge on any atom is -0.328 e. The van der Waals surface area contributed by atoms with Crippen LogP contribution >= 0.6 is 23.2 Å². The molecule has 1 rings (SSSR count). The van der Waals surface area contributed by atoms with Gasteiger partial charge in [0.1, 0.15) is 0 Å². The number of benzene rings is 1. The van der Waals surface area contributed by atoms with Crippen LogP contribution in [0.5, 0.6) is 0 Å². The molecule has 0 spiro atoms. The third-order valence-electron chi connectivity index (χ3n) is 1.90. The maximum absolute atomic E-state index is 6.00. The minimum absolute atomic E-state index is 0.204. The molecule has 0 aliphatic rings. The fraction of sp³-hybridized carbons (Fsp3) is 0.400. The maximum Gasteiger partial charge on any atom is 0.0624 e. The predicted molar refractivity (Wildman–Crippen MR) is 58.4 cm³/mol. The topological polar surface area (TPSA) is 26.0 Å². The molecule has 0 fully saturated rings. The van der Waals surface area contributed by atoms with E-state index in [9.17, 15) is 0 Å². The third-order valence-corrected chi connectivity index (χ3v) is 2.76. The summed E-state index contributed by atoms with van der Waals surface area (Å²) in [5.74, 6) is 0. The van der Waals surface area contributed by atoms with Crippen LogP contribution in [0.15, 0.2) is 18.2 Å². The zero-order valence-electron chi connectivity index (χ0n) is 7.56. The van der Waals surface area contributed by atoms with Gasteiger partial charge in [-0.1, -0.05) is 35.3 Å². The lowest BCUT2D eigenvalue weighted by Crippen LogP contribution is -2.15. The quantitative estimate of drug-likeness (QED) is 0.827. The van der Waals surface area contributed by atoms with Crippen LogP contribution in [0.1, 0.15) is 18.9 Å². The molecule has 72 valence electrons. The van der Waals surface area contributed by atoms with Gasteiger partial charge in [0, 0.05) is 6.04 Å². The number of hydrogen-bond donors (Lipinski definition) is 1. The minimum atomic E-state index is 0.204. The van der Waals surface area contributed by atoms with E-state index in [1.165, 1.54) is 0 Å². The molecule has 0 unspecified atom stereocenters. The van der Waals surface area contributed by atoms with E-state index in [0.717, 1.165) is 18.4 Å². The van der Waals surface area contributed by atoms with Crippen molar-refractivity contribution in [1.82, 2.24) is 0 Å². The summed E-state index contributed by atoms with van der Waals surface area (Å²) in [5.41, 5.74) is 6.73. The molecule has 0 radical (unpaired) electrons. The van der Waals surface area contributed by atoms with E-state index in [1.54, 1.807) is 6.07 Å².